The molecule has 2 N–H and O–H groups in total. The number of rotatable bonds is 11. The van der Waals surface area contributed by atoms with Crippen molar-refractivity contribution in [1.82, 2.24) is 10.2 Å². The van der Waals surface area contributed by atoms with Gasteiger partial charge in [0, 0.05) is 6.92 Å². The fourth-order valence-corrected chi connectivity index (χ4v) is 5.96. The third-order valence-electron chi connectivity index (χ3n) is 7.16. The lowest BCUT2D eigenvalue weighted by atomic mass is 10.0. The summed E-state index contributed by atoms with van der Waals surface area (Å²) in [6, 6.07) is 20.7. The number of phenolic OH excluding ortho intramolecular Hbond substituents is 1. The Morgan fingerprint density at radius 1 is 0.956 bits per heavy atom. The van der Waals surface area contributed by atoms with Gasteiger partial charge in [-0.1, -0.05) is 66.4 Å². The fourth-order valence-electron chi connectivity index (χ4n) is 5.09. The van der Waals surface area contributed by atoms with Gasteiger partial charge in [-0.15, -0.1) is 0 Å². The molecule has 0 bridgehead atoms. The molecule has 236 valence electrons. The maximum Gasteiger partial charge on any atom is 0.514 e. The average Bonchev–Trinajstić information content (AvgIpc) is 3.48. The molecule has 45 heavy (non-hydrogen) atoms. The first-order valence-corrected chi connectivity index (χ1v) is 15.1. The van der Waals surface area contributed by atoms with Crippen LogP contribution in [0, 0.1) is 0 Å². The number of phenols is 1. The summed E-state index contributed by atoms with van der Waals surface area (Å²) in [7, 11) is 1.24. The minimum atomic E-state index is -0.862. The molecule has 1 saturated heterocycles. The van der Waals surface area contributed by atoms with E-state index in [1.165, 1.54) is 31.1 Å². The SMILES string of the molecule is COC(=O)[C@@H]1CC[C@H](c2cccc(O)c2)N1C(=O)CNC(=O)[C@H](Cc1ccc(OC(=O)OCc2ccccc2)cc1)SC(C)=O. The number of amides is 2. The molecule has 3 aromatic rings. The number of methoxy groups -OCH3 is 1. The van der Waals surface area contributed by atoms with Gasteiger partial charge in [0.1, 0.15) is 24.1 Å². The molecule has 11 nitrogen and oxygen atoms in total. The van der Waals surface area contributed by atoms with Crippen LogP contribution in [-0.4, -0.2) is 64.0 Å². The van der Waals surface area contributed by atoms with Crippen LogP contribution in [0.15, 0.2) is 78.9 Å². The van der Waals surface area contributed by atoms with E-state index in [9.17, 15) is 29.1 Å². The second-order valence-corrected chi connectivity index (χ2v) is 11.7. The highest BCUT2D eigenvalue weighted by molar-refractivity contribution is 8.14. The Bertz CT molecular complexity index is 1510. The van der Waals surface area contributed by atoms with Crippen LogP contribution < -0.4 is 10.1 Å². The average molecular weight is 635 g/mol. The van der Waals surface area contributed by atoms with E-state index in [0.717, 1.165) is 17.3 Å². The number of carbonyl (C=O) groups is 5. The summed E-state index contributed by atoms with van der Waals surface area (Å²) < 4.78 is 15.3. The standard InChI is InChI=1S/C33H34N2O9S/c1-21(36)45-29(17-22-11-13-26(14-12-22)44-33(41)43-20-23-7-4-3-5-8-23)31(39)34-19-30(38)35-27(15-16-28(35)32(40)42-2)24-9-6-10-25(37)18-24/h3-14,18,27-29,37H,15-17,19-20H2,1-2H3,(H,34,39)/t27-,28+,29+/m1/s1. The van der Waals surface area contributed by atoms with Gasteiger partial charge in [0.2, 0.25) is 11.8 Å². The summed E-state index contributed by atoms with van der Waals surface area (Å²) in [5.74, 6) is -1.33. The van der Waals surface area contributed by atoms with Crippen LogP contribution in [0.5, 0.6) is 11.5 Å². The van der Waals surface area contributed by atoms with Crippen molar-refractivity contribution < 1.29 is 43.3 Å². The van der Waals surface area contributed by atoms with Crippen molar-refractivity contribution in [2.75, 3.05) is 13.7 Å². The van der Waals surface area contributed by atoms with Gasteiger partial charge in [-0.05, 0) is 60.2 Å². The lowest BCUT2D eigenvalue weighted by molar-refractivity contribution is -0.152. The zero-order valence-electron chi connectivity index (χ0n) is 24.8. The Kier molecular flexibility index (Phi) is 11.6. The van der Waals surface area contributed by atoms with Crippen molar-refractivity contribution >= 4 is 40.8 Å². The van der Waals surface area contributed by atoms with E-state index in [0.29, 0.717) is 24.0 Å². The zero-order valence-corrected chi connectivity index (χ0v) is 25.7. The Morgan fingerprint density at radius 2 is 1.69 bits per heavy atom. The molecule has 1 aliphatic heterocycles. The molecule has 0 saturated carbocycles. The van der Waals surface area contributed by atoms with Crippen LogP contribution >= 0.6 is 11.8 Å². The number of thioether (sulfide) groups is 1. The molecule has 0 aliphatic carbocycles. The van der Waals surface area contributed by atoms with Crippen LogP contribution in [0.1, 0.15) is 42.5 Å². The highest BCUT2D eigenvalue weighted by atomic mass is 32.2. The van der Waals surface area contributed by atoms with Gasteiger partial charge in [-0.25, -0.2) is 9.59 Å². The Morgan fingerprint density at radius 3 is 2.36 bits per heavy atom. The van der Waals surface area contributed by atoms with Gasteiger partial charge >= 0.3 is 12.1 Å². The van der Waals surface area contributed by atoms with Crippen LogP contribution in [-0.2, 0) is 41.7 Å². The van der Waals surface area contributed by atoms with E-state index in [1.54, 1.807) is 36.4 Å². The summed E-state index contributed by atoms with van der Waals surface area (Å²) in [5.41, 5.74) is 2.16. The summed E-state index contributed by atoms with van der Waals surface area (Å²) in [5, 5.41) is 11.4. The fraction of sp³-hybridized carbons (Fsp3) is 0.303. The first-order valence-electron chi connectivity index (χ1n) is 14.2. The lowest BCUT2D eigenvalue weighted by Gasteiger charge is -2.29. The first-order chi connectivity index (χ1) is 21.6. The lowest BCUT2D eigenvalue weighted by Crippen LogP contribution is -2.48. The number of likely N-dealkylation sites (tertiary alicyclic amines) is 1. The zero-order chi connectivity index (χ0) is 32.3. The molecule has 1 aliphatic rings. The highest BCUT2D eigenvalue weighted by Crippen LogP contribution is 2.37. The normalized spacial score (nSPS) is 16.4. The van der Waals surface area contributed by atoms with E-state index < -0.39 is 47.8 Å². The van der Waals surface area contributed by atoms with Gasteiger partial charge in [-0.3, -0.25) is 14.4 Å². The molecule has 3 aromatic carbocycles. The van der Waals surface area contributed by atoms with Crippen molar-refractivity contribution in [3.63, 3.8) is 0 Å². The third kappa shape index (κ3) is 9.32. The molecule has 1 fully saturated rings. The Balaban J connectivity index is 1.36. The van der Waals surface area contributed by atoms with E-state index in [-0.39, 0.29) is 29.6 Å². The van der Waals surface area contributed by atoms with E-state index in [1.807, 2.05) is 30.3 Å². The summed E-state index contributed by atoms with van der Waals surface area (Å²) >= 11 is 0.831. The van der Waals surface area contributed by atoms with Crippen LogP contribution in [0.4, 0.5) is 4.79 Å². The van der Waals surface area contributed by atoms with Crippen molar-refractivity contribution in [3.8, 4) is 11.5 Å². The number of benzene rings is 3. The predicted molar refractivity (Wildman–Crippen MR) is 165 cm³/mol. The molecular weight excluding hydrogens is 600 g/mol. The number of esters is 1. The second kappa shape index (κ2) is 15.8. The number of nitrogens with zero attached hydrogens (tertiary/aromatic N) is 1. The molecule has 0 radical (unpaired) electrons. The maximum atomic E-state index is 13.4. The number of carbonyl (C=O) groups excluding carboxylic acids is 5. The molecule has 4 rings (SSSR count). The molecule has 12 heteroatoms. The van der Waals surface area contributed by atoms with Gasteiger partial charge in [0.25, 0.3) is 0 Å². The van der Waals surface area contributed by atoms with Crippen molar-refractivity contribution in [2.24, 2.45) is 0 Å². The highest BCUT2D eigenvalue weighted by Gasteiger charge is 2.42. The number of hydrogen-bond donors (Lipinski definition) is 2. The smallest absolute Gasteiger partial charge is 0.508 e. The molecule has 1 heterocycles. The Hall–Kier alpha value is -4.84. The molecule has 0 unspecified atom stereocenters. The molecule has 0 spiro atoms. The summed E-state index contributed by atoms with van der Waals surface area (Å²) in [6.07, 6.45) is 0.124. The van der Waals surface area contributed by atoms with Gasteiger partial charge in [-0.2, -0.15) is 0 Å². The van der Waals surface area contributed by atoms with Crippen molar-refractivity contribution in [3.05, 3.63) is 95.6 Å². The molecule has 2 amide bonds. The van der Waals surface area contributed by atoms with Gasteiger partial charge in [0.15, 0.2) is 5.12 Å². The topological polar surface area (TPSA) is 149 Å². The third-order valence-corrected chi connectivity index (χ3v) is 8.16. The van der Waals surface area contributed by atoms with Crippen LogP contribution in [0.2, 0.25) is 0 Å². The minimum Gasteiger partial charge on any atom is -0.508 e. The number of nitrogens with one attached hydrogen (secondary N) is 1. The first kappa shape index (κ1) is 33.1. The quantitative estimate of drug-likeness (QED) is 0.231. The maximum absolute atomic E-state index is 13.4. The van der Waals surface area contributed by atoms with E-state index in [4.69, 9.17) is 14.2 Å². The minimum absolute atomic E-state index is 0.0291. The number of aromatic hydroxyl groups is 1. The molecule has 3 atom stereocenters. The van der Waals surface area contributed by atoms with Crippen molar-refractivity contribution in [2.45, 2.75) is 50.1 Å². The number of hydrogen-bond acceptors (Lipinski definition) is 10. The van der Waals surface area contributed by atoms with Crippen molar-refractivity contribution in [1.29, 1.82) is 0 Å². The largest absolute Gasteiger partial charge is 0.514 e. The monoisotopic (exact) mass is 634 g/mol. The number of ether oxygens (including phenoxy) is 3. The predicted octanol–water partition coefficient (Wildman–Crippen LogP) is 4.32. The second-order valence-electron chi connectivity index (χ2n) is 10.3. The molecule has 0 aromatic heterocycles. The summed E-state index contributed by atoms with van der Waals surface area (Å²) in [4.78, 5) is 64.5. The van der Waals surface area contributed by atoms with Gasteiger partial charge < -0.3 is 29.5 Å². The van der Waals surface area contributed by atoms with Crippen LogP contribution in [0.25, 0.3) is 0 Å². The van der Waals surface area contributed by atoms with E-state index >= 15 is 0 Å². The van der Waals surface area contributed by atoms with Crippen LogP contribution in [0.3, 0.4) is 0 Å². The summed E-state index contributed by atoms with van der Waals surface area (Å²) in [6.45, 7) is 1.00. The Labute approximate surface area is 264 Å². The van der Waals surface area contributed by atoms with Gasteiger partial charge in [0.05, 0.1) is 24.9 Å². The van der Waals surface area contributed by atoms with E-state index in [2.05, 4.69) is 5.32 Å². The molecular formula is C33H34N2O9S.